The van der Waals surface area contributed by atoms with Crippen LogP contribution in [0.15, 0.2) is 42.5 Å². The Hall–Kier alpha value is -2.62. The van der Waals surface area contributed by atoms with Crippen LogP contribution in [0.5, 0.6) is 0 Å². The van der Waals surface area contributed by atoms with Crippen LogP contribution in [-0.4, -0.2) is 18.4 Å². The van der Waals surface area contributed by atoms with Crippen LogP contribution in [0.2, 0.25) is 0 Å². The minimum atomic E-state index is -0.429. The molecule has 2 aromatic rings. The Bertz CT molecular complexity index is 832. The number of anilines is 2. The summed E-state index contributed by atoms with van der Waals surface area (Å²) in [7, 11) is 0. The first-order valence-corrected chi connectivity index (χ1v) is 9.15. The number of rotatable bonds is 3. The quantitative estimate of drug-likeness (QED) is 0.890. The molecule has 0 saturated carbocycles. The summed E-state index contributed by atoms with van der Waals surface area (Å²) in [5.74, 6) is -0.0332. The van der Waals surface area contributed by atoms with Crippen molar-refractivity contribution >= 4 is 23.2 Å². The lowest BCUT2D eigenvalue weighted by molar-refractivity contribution is -0.125. The third-order valence-electron chi connectivity index (χ3n) is 4.75. The molecule has 1 aliphatic rings. The molecule has 2 amide bonds. The fourth-order valence-corrected chi connectivity index (χ4v) is 3.17. The minimum Gasteiger partial charge on any atom is -0.322 e. The summed E-state index contributed by atoms with van der Waals surface area (Å²) >= 11 is 0. The molecule has 26 heavy (non-hydrogen) atoms. The molecular formula is C22H26N2O2. The Morgan fingerprint density at radius 3 is 2.38 bits per heavy atom. The number of carbonyl (C=O) groups is 2. The monoisotopic (exact) mass is 350 g/mol. The van der Waals surface area contributed by atoms with E-state index < -0.39 is 5.41 Å². The standard InChI is InChI=1S/C22H26N2O2/c1-5-15-6-8-17(9-7-15)20(25)23-18-11-10-16-12-13-24(19(16)14-18)21(26)22(2,3)4/h6-11,14H,5,12-13H2,1-4H3,(H,23,25). The van der Waals surface area contributed by atoms with Gasteiger partial charge in [0, 0.05) is 28.9 Å². The lowest BCUT2D eigenvalue weighted by Gasteiger charge is -2.26. The van der Waals surface area contributed by atoms with Crippen molar-refractivity contribution in [3.63, 3.8) is 0 Å². The number of aryl methyl sites for hydroxylation is 1. The molecule has 2 aromatic carbocycles. The van der Waals surface area contributed by atoms with Gasteiger partial charge in [0.1, 0.15) is 0 Å². The van der Waals surface area contributed by atoms with E-state index in [0.717, 1.165) is 24.1 Å². The maximum absolute atomic E-state index is 12.7. The zero-order valence-corrected chi connectivity index (χ0v) is 15.9. The molecule has 0 fully saturated rings. The maximum atomic E-state index is 12.7. The largest absolute Gasteiger partial charge is 0.322 e. The second kappa shape index (κ2) is 6.94. The van der Waals surface area contributed by atoms with Crippen molar-refractivity contribution in [1.29, 1.82) is 0 Å². The molecule has 136 valence electrons. The lowest BCUT2D eigenvalue weighted by atomic mass is 9.94. The first kappa shape index (κ1) is 18.2. The number of hydrogen-bond donors (Lipinski definition) is 1. The van der Waals surface area contributed by atoms with E-state index in [0.29, 0.717) is 17.8 Å². The average Bonchev–Trinajstić information content (AvgIpc) is 3.03. The van der Waals surface area contributed by atoms with E-state index in [2.05, 4.69) is 12.2 Å². The molecule has 0 atom stereocenters. The SMILES string of the molecule is CCc1ccc(C(=O)Nc2ccc3c(c2)N(C(=O)C(C)(C)C)CC3)cc1. The van der Waals surface area contributed by atoms with E-state index in [-0.39, 0.29) is 11.8 Å². The van der Waals surface area contributed by atoms with Crippen molar-refractivity contribution in [3.8, 4) is 0 Å². The summed E-state index contributed by atoms with van der Waals surface area (Å²) < 4.78 is 0. The minimum absolute atomic E-state index is 0.106. The van der Waals surface area contributed by atoms with Crippen LogP contribution in [0.4, 0.5) is 11.4 Å². The van der Waals surface area contributed by atoms with Gasteiger partial charge in [0.15, 0.2) is 0 Å². The van der Waals surface area contributed by atoms with E-state index in [1.807, 2.05) is 68.1 Å². The molecule has 0 bridgehead atoms. The summed E-state index contributed by atoms with van der Waals surface area (Å²) in [6.07, 6.45) is 1.80. The van der Waals surface area contributed by atoms with Gasteiger partial charge in [-0.05, 0) is 48.2 Å². The van der Waals surface area contributed by atoms with Gasteiger partial charge in [0.25, 0.3) is 5.91 Å². The third kappa shape index (κ3) is 3.64. The molecule has 0 radical (unpaired) electrons. The molecule has 0 saturated heterocycles. The molecular weight excluding hydrogens is 324 g/mol. The van der Waals surface area contributed by atoms with Gasteiger partial charge >= 0.3 is 0 Å². The highest BCUT2D eigenvalue weighted by atomic mass is 16.2. The number of nitrogens with one attached hydrogen (secondary N) is 1. The molecule has 1 heterocycles. The van der Waals surface area contributed by atoms with Crippen LogP contribution in [0, 0.1) is 5.41 Å². The number of nitrogens with zero attached hydrogens (tertiary/aromatic N) is 1. The molecule has 4 heteroatoms. The predicted octanol–water partition coefficient (Wildman–Crippen LogP) is 4.44. The number of benzene rings is 2. The molecule has 1 aliphatic heterocycles. The van der Waals surface area contributed by atoms with Crippen LogP contribution in [-0.2, 0) is 17.6 Å². The molecule has 3 rings (SSSR count). The van der Waals surface area contributed by atoms with Gasteiger partial charge in [-0.1, -0.05) is 45.9 Å². The Morgan fingerprint density at radius 1 is 1.08 bits per heavy atom. The second-order valence-electron chi connectivity index (χ2n) is 7.80. The summed E-state index contributed by atoms with van der Waals surface area (Å²) in [6, 6.07) is 13.4. The molecule has 0 unspecified atom stereocenters. The van der Waals surface area contributed by atoms with Crippen molar-refractivity contribution in [1.82, 2.24) is 0 Å². The fraction of sp³-hybridized carbons (Fsp3) is 0.364. The average molecular weight is 350 g/mol. The summed E-state index contributed by atoms with van der Waals surface area (Å²) in [4.78, 5) is 27.0. The van der Waals surface area contributed by atoms with Crippen LogP contribution >= 0.6 is 0 Å². The normalized spacial score (nSPS) is 13.5. The summed E-state index contributed by atoms with van der Waals surface area (Å²) in [5, 5.41) is 2.95. The summed E-state index contributed by atoms with van der Waals surface area (Å²) in [6.45, 7) is 8.57. The zero-order valence-electron chi connectivity index (χ0n) is 15.9. The molecule has 0 spiro atoms. The molecule has 4 nitrogen and oxygen atoms in total. The smallest absolute Gasteiger partial charge is 0.255 e. The summed E-state index contributed by atoms with van der Waals surface area (Å²) in [5.41, 5.74) is 4.17. The number of fused-ring (bicyclic) bond motifs is 1. The Balaban J connectivity index is 1.80. The van der Waals surface area contributed by atoms with Crippen LogP contribution in [0.1, 0.15) is 49.2 Å². The molecule has 0 aromatic heterocycles. The Morgan fingerprint density at radius 2 is 1.77 bits per heavy atom. The van der Waals surface area contributed by atoms with Gasteiger partial charge in [0.05, 0.1) is 0 Å². The van der Waals surface area contributed by atoms with Gasteiger partial charge in [0.2, 0.25) is 5.91 Å². The molecule has 0 aliphatic carbocycles. The van der Waals surface area contributed by atoms with Crippen LogP contribution in [0.25, 0.3) is 0 Å². The van der Waals surface area contributed by atoms with E-state index in [4.69, 9.17) is 0 Å². The first-order chi connectivity index (χ1) is 12.3. The van der Waals surface area contributed by atoms with E-state index in [1.54, 1.807) is 0 Å². The van der Waals surface area contributed by atoms with Gasteiger partial charge in [-0.2, -0.15) is 0 Å². The predicted molar refractivity (Wildman–Crippen MR) is 106 cm³/mol. The Kier molecular flexibility index (Phi) is 4.86. The van der Waals surface area contributed by atoms with E-state index in [1.165, 1.54) is 5.56 Å². The topological polar surface area (TPSA) is 49.4 Å². The van der Waals surface area contributed by atoms with E-state index >= 15 is 0 Å². The van der Waals surface area contributed by atoms with Crippen molar-refractivity contribution in [3.05, 3.63) is 59.2 Å². The van der Waals surface area contributed by atoms with Gasteiger partial charge < -0.3 is 10.2 Å². The lowest BCUT2D eigenvalue weighted by Crippen LogP contribution is -2.38. The number of amides is 2. The highest BCUT2D eigenvalue weighted by Gasteiger charge is 2.32. The fourth-order valence-electron chi connectivity index (χ4n) is 3.17. The second-order valence-corrected chi connectivity index (χ2v) is 7.80. The zero-order chi connectivity index (χ0) is 18.9. The van der Waals surface area contributed by atoms with Crippen molar-refractivity contribution in [2.75, 3.05) is 16.8 Å². The van der Waals surface area contributed by atoms with Crippen LogP contribution < -0.4 is 10.2 Å². The Labute approximate surface area is 155 Å². The van der Waals surface area contributed by atoms with Crippen molar-refractivity contribution in [2.24, 2.45) is 5.41 Å². The third-order valence-corrected chi connectivity index (χ3v) is 4.75. The van der Waals surface area contributed by atoms with Gasteiger partial charge in [-0.25, -0.2) is 0 Å². The number of carbonyl (C=O) groups excluding carboxylic acids is 2. The van der Waals surface area contributed by atoms with Gasteiger partial charge in [-0.15, -0.1) is 0 Å². The van der Waals surface area contributed by atoms with Crippen LogP contribution in [0.3, 0.4) is 0 Å². The van der Waals surface area contributed by atoms with E-state index in [9.17, 15) is 9.59 Å². The van der Waals surface area contributed by atoms with Gasteiger partial charge in [-0.3, -0.25) is 9.59 Å². The molecule has 1 N–H and O–H groups in total. The first-order valence-electron chi connectivity index (χ1n) is 9.15. The number of hydrogen-bond acceptors (Lipinski definition) is 2. The maximum Gasteiger partial charge on any atom is 0.255 e. The van der Waals surface area contributed by atoms with Crippen molar-refractivity contribution in [2.45, 2.75) is 40.5 Å². The van der Waals surface area contributed by atoms with Crippen molar-refractivity contribution < 1.29 is 9.59 Å². The highest BCUT2D eigenvalue weighted by Crippen LogP contribution is 2.34. The highest BCUT2D eigenvalue weighted by molar-refractivity contribution is 6.05.